The second-order valence-corrected chi connectivity index (χ2v) is 3.85. The van der Waals surface area contributed by atoms with E-state index in [4.69, 9.17) is 0 Å². The summed E-state index contributed by atoms with van der Waals surface area (Å²) >= 11 is 0. The van der Waals surface area contributed by atoms with E-state index in [0.717, 1.165) is 35.8 Å². The van der Waals surface area contributed by atoms with E-state index in [1.165, 1.54) is 0 Å². The van der Waals surface area contributed by atoms with Gasteiger partial charge in [-0.3, -0.25) is 4.99 Å². The Morgan fingerprint density at radius 2 is 2.44 bits per heavy atom. The summed E-state index contributed by atoms with van der Waals surface area (Å²) in [4.78, 5) is 8.68. The van der Waals surface area contributed by atoms with Gasteiger partial charge in [-0.1, -0.05) is 0 Å². The fourth-order valence-corrected chi connectivity index (χ4v) is 1.84. The molecule has 1 aliphatic heterocycles. The van der Waals surface area contributed by atoms with Crippen molar-refractivity contribution >= 4 is 22.7 Å². The lowest BCUT2D eigenvalue weighted by molar-refractivity contribution is 0.948. The molecule has 0 spiro atoms. The third kappa shape index (κ3) is 1.50. The molecular weight excluding hydrogens is 202 g/mol. The molecule has 0 saturated carbocycles. The van der Waals surface area contributed by atoms with Gasteiger partial charge in [-0.15, -0.1) is 0 Å². The van der Waals surface area contributed by atoms with Crippen LogP contribution in [0.2, 0.25) is 0 Å². The number of hydrogen-bond donors (Lipinski definition) is 2. The maximum absolute atomic E-state index is 4.40. The number of fused-ring (bicyclic) bond motifs is 1. The molecule has 0 radical (unpaired) electrons. The minimum atomic E-state index is 0.831. The quantitative estimate of drug-likeness (QED) is 0.744. The van der Waals surface area contributed by atoms with Crippen LogP contribution >= 0.6 is 0 Å². The number of anilines is 1. The minimum absolute atomic E-state index is 0.831. The predicted molar refractivity (Wildman–Crippen MR) is 64.6 cm³/mol. The largest absolute Gasteiger partial charge is 0.354 e. The molecule has 5 nitrogen and oxygen atoms in total. The normalized spacial score (nSPS) is 14.9. The average molecular weight is 215 g/mol. The number of aliphatic imine (C=N–C) groups is 1. The lowest BCUT2D eigenvalue weighted by Gasteiger charge is -2.06. The Kier molecular flexibility index (Phi) is 2.02. The van der Waals surface area contributed by atoms with Crippen molar-refractivity contribution in [1.82, 2.24) is 14.9 Å². The van der Waals surface area contributed by atoms with Crippen molar-refractivity contribution < 1.29 is 0 Å². The summed E-state index contributed by atoms with van der Waals surface area (Å²) in [5.41, 5.74) is 1.96. The number of hydrogen-bond acceptors (Lipinski definition) is 4. The van der Waals surface area contributed by atoms with Gasteiger partial charge in [-0.2, -0.15) is 0 Å². The number of rotatable bonds is 1. The molecule has 2 aromatic heterocycles. The second-order valence-electron chi connectivity index (χ2n) is 3.85. The number of pyridine rings is 1. The summed E-state index contributed by atoms with van der Waals surface area (Å²) in [6, 6.07) is 4.13. The van der Waals surface area contributed by atoms with Crippen molar-refractivity contribution in [3.8, 4) is 0 Å². The molecule has 0 amide bonds. The van der Waals surface area contributed by atoms with Crippen LogP contribution in [0.1, 0.15) is 0 Å². The third-order valence-electron chi connectivity index (χ3n) is 2.64. The molecule has 0 aliphatic carbocycles. The van der Waals surface area contributed by atoms with Crippen LogP contribution in [0.15, 0.2) is 29.5 Å². The Hall–Kier alpha value is -2.04. The molecule has 3 rings (SSSR count). The fourth-order valence-electron chi connectivity index (χ4n) is 1.84. The first-order valence-corrected chi connectivity index (χ1v) is 5.29. The number of aromatic nitrogens is 2. The first-order valence-electron chi connectivity index (χ1n) is 5.29. The van der Waals surface area contributed by atoms with Crippen LogP contribution in [0.5, 0.6) is 0 Å². The molecule has 1 aliphatic rings. The highest BCUT2D eigenvalue weighted by atomic mass is 15.2. The van der Waals surface area contributed by atoms with Crippen molar-refractivity contribution in [3.63, 3.8) is 0 Å². The first kappa shape index (κ1) is 9.21. The van der Waals surface area contributed by atoms with Gasteiger partial charge in [0.05, 0.1) is 18.4 Å². The van der Waals surface area contributed by atoms with Crippen molar-refractivity contribution in [2.75, 3.05) is 18.4 Å². The van der Waals surface area contributed by atoms with Crippen LogP contribution in [-0.2, 0) is 7.05 Å². The molecule has 0 fully saturated rings. The van der Waals surface area contributed by atoms with Crippen LogP contribution in [0.25, 0.3) is 11.0 Å². The summed E-state index contributed by atoms with van der Waals surface area (Å²) in [5, 5.41) is 7.50. The topological polar surface area (TPSA) is 54.2 Å². The highest BCUT2D eigenvalue weighted by Crippen LogP contribution is 2.16. The monoisotopic (exact) mass is 215 g/mol. The lowest BCUT2D eigenvalue weighted by atomic mass is 10.3. The molecule has 0 aromatic carbocycles. The molecule has 0 bridgehead atoms. The highest BCUT2D eigenvalue weighted by molar-refractivity contribution is 5.96. The van der Waals surface area contributed by atoms with Gasteiger partial charge < -0.3 is 15.2 Å². The standard InChI is InChI=1S/C11H13N5/c1-16-5-2-8-6-9(7-14-10(8)16)15-11-12-3-4-13-11/h2,5-7H,3-4H2,1H3,(H2,12,13,15). The van der Waals surface area contributed by atoms with Gasteiger partial charge in [0, 0.05) is 25.2 Å². The maximum Gasteiger partial charge on any atom is 0.195 e. The SMILES string of the molecule is Cn1ccc2cc(NC3=NCCN3)cnc21. The van der Waals surface area contributed by atoms with E-state index in [0.29, 0.717) is 0 Å². The highest BCUT2D eigenvalue weighted by Gasteiger charge is 2.06. The Morgan fingerprint density at radius 1 is 1.50 bits per heavy atom. The molecule has 2 N–H and O–H groups in total. The van der Waals surface area contributed by atoms with E-state index in [2.05, 4.69) is 32.7 Å². The summed E-state index contributed by atoms with van der Waals surface area (Å²) < 4.78 is 2.00. The molecule has 2 aromatic rings. The summed E-state index contributed by atoms with van der Waals surface area (Å²) in [6.07, 6.45) is 3.83. The summed E-state index contributed by atoms with van der Waals surface area (Å²) in [7, 11) is 1.99. The molecular formula is C11H13N5. The zero-order chi connectivity index (χ0) is 11.0. The zero-order valence-corrected chi connectivity index (χ0v) is 9.07. The Bertz CT molecular complexity index is 555. The molecule has 5 heteroatoms. The lowest BCUT2D eigenvalue weighted by Crippen LogP contribution is -2.26. The van der Waals surface area contributed by atoms with Crippen LogP contribution in [0.3, 0.4) is 0 Å². The third-order valence-corrected chi connectivity index (χ3v) is 2.64. The smallest absolute Gasteiger partial charge is 0.195 e. The Labute approximate surface area is 93.2 Å². The van der Waals surface area contributed by atoms with Gasteiger partial charge in [-0.25, -0.2) is 4.98 Å². The van der Waals surface area contributed by atoms with Gasteiger partial charge in [0.1, 0.15) is 5.65 Å². The van der Waals surface area contributed by atoms with Crippen molar-refractivity contribution in [2.45, 2.75) is 0 Å². The molecule has 16 heavy (non-hydrogen) atoms. The van der Waals surface area contributed by atoms with Crippen molar-refractivity contribution in [2.24, 2.45) is 12.0 Å². The maximum atomic E-state index is 4.40. The van der Waals surface area contributed by atoms with E-state index in [1.54, 1.807) is 0 Å². The molecule has 0 saturated heterocycles. The zero-order valence-electron chi connectivity index (χ0n) is 9.07. The van der Waals surface area contributed by atoms with E-state index in [-0.39, 0.29) is 0 Å². The van der Waals surface area contributed by atoms with Crippen LogP contribution in [0.4, 0.5) is 5.69 Å². The average Bonchev–Trinajstić information content (AvgIpc) is 2.90. The molecule has 3 heterocycles. The summed E-state index contributed by atoms with van der Waals surface area (Å²) in [5.74, 6) is 0.831. The number of nitrogens with one attached hydrogen (secondary N) is 2. The van der Waals surface area contributed by atoms with E-state index in [1.807, 2.05) is 24.0 Å². The molecule has 0 unspecified atom stereocenters. The van der Waals surface area contributed by atoms with E-state index >= 15 is 0 Å². The van der Waals surface area contributed by atoms with E-state index in [9.17, 15) is 0 Å². The molecule has 0 atom stereocenters. The fraction of sp³-hybridized carbons (Fsp3) is 0.273. The van der Waals surface area contributed by atoms with Gasteiger partial charge in [0.15, 0.2) is 5.96 Å². The van der Waals surface area contributed by atoms with E-state index < -0.39 is 0 Å². The number of guanidine groups is 1. The van der Waals surface area contributed by atoms with Gasteiger partial charge in [0.2, 0.25) is 0 Å². The van der Waals surface area contributed by atoms with Gasteiger partial charge in [-0.05, 0) is 12.1 Å². The van der Waals surface area contributed by atoms with Crippen molar-refractivity contribution in [3.05, 3.63) is 24.5 Å². The van der Waals surface area contributed by atoms with Gasteiger partial charge >= 0.3 is 0 Å². The molecule has 82 valence electrons. The second kappa shape index (κ2) is 3.52. The first-order chi connectivity index (χ1) is 7.83. The Morgan fingerprint density at radius 3 is 3.25 bits per heavy atom. The number of nitrogens with zero attached hydrogens (tertiary/aromatic N) is 3. The minimum Gasteiger partial charge on any atom is -0.354 e. The van der Waals surface area contributed by atoms with Crippen molar-refractivity contribution in [1.29, 1.82) is 0 Å². The number of aryl methyl sites for hydroxylation is 1. The van der Waals surface area contributed by atoms with Crippen LogP contribution in [0, 0.1) is 0 Å². The van der Waals surface area contributed by atoms with Crippen LogP contribution in [-0.4, -0.2) is 28.6 Å². The Balaban J connectivity index is 1.92. The van der Waals surface area contributed by atoms with Gasteiger partial charge in [0.25, 0.3) is 0 Å². The van der Waals surface area contributed by atoms with Crippen LogP contribution < -0.4 is 10.6 Å². The summed E-state index contributed by atoms with van der Waals surface area (Å²) in [6.45, 7) is 1.74. The predicted octanol–water partition coefficient (Wildman–Crippen LogP) is 0.944.